The Morgan fingerprint density at radius 3 is 2.50 bits per heavy atom. The molecule has 0 fully saturated rings. The van der Waals surface area contributed by atoms with Crippen molar-refractivity contribution in [1.82, 2.24) is 9.47 Å². The third-order valence-electron chi connectivity index (χ3n) is 4.82. The Kier molecular flexibility index (Phi) is 7.99. The molecule has 0 aliphatic carbocycles. The molecule has 1 aromatic carbocycles. The molecule has 158 valence electrons. The maximum Gasteiger partial charge on any atom is 0.349 e. The van der Waals surface area contributed by atoms with Crippen LogP contribution in [0.15, 0.2) is 42.0 Å². The monoisotopic (exact) mass is 407 g/mol. The highest BCUT2D eigenvalue weighted by molar-refractivity contribution is 5.99. The van der Waals surface area contributed by atoms with Gasteiger partial charge in [-0.1, -0.05) is 44.2 Å². The number of hydrogen-bond donors (Lipinski definition) is 0. The van der Waals surface area contributed by atoms with Gasteiger partial charge < -0.3 is 14.2 Å². The van der Waals surface area contributed by atoms with Crippen LogP contribution in [0.5, 0.6) is 0 Å². The van der Waals surface area contributed by atoms with Gasteiger partial charge in [0.25, 0.3) is 5.91 Å². The topological polar surface area (TPSA) is 75.3 Å². The first kappa shape index (κ1) is 23.0. The van der Waals surface area contributed by atoms with Crippen molar-refractivity contribution >= 4 is 18.0 Å². The second-order valence-electron chi connectivity index (χ2n) is 7.81. The molecule has 0 saturated carbocycles. The Balaban J connectivity index is 2.03. The Labute approximate surface area is 178 Å². The number of hydrogen-bond acceptors (Lipinski definition) is 4. The van der Waals surface area contributed by atoms with Gasteiger partial charge in [-0.2, -0.15) is 5.26 Å². The van der Waals surface area contributed by atoms with Crippen molar-refractivity contribution in [2.75, 3.05) is 13.7 Å². The van der Waals surface area contributed by atoms with Crippen molar-refractivity contribution in [3.05, 3.63) is 64.5 Å². The van der Waals surface area contributed by atoms with Crippen molar-refractivity contribution in [3.63, 3.8) is 0 Å². The van der Waals surface area contributed by atoms with Crippen LogP contribution in [0.3, 0.4) is 0 Å². The predicted molar refractivity (Wildman–Crippen MR) is 116 cm³/mol. The lowest BCUT2D eigenvalue weighted by molar-refractivity contribution is -0.148. The molecule has 0 radical (unpaired) electrons. The van der Waals surface area contributed by atoms with Crippen LogP contribution in [-0.4, -0.2) is 35.0 Å². The average Bonchev–Trinajstić information content (AvgIpc) is 2.97. The second-order valence-corrected chi connectivity index (χ2v) is 7.81. The summed E-state index contributed by atoms with van der Waals surface area (Å²) in [6.45, 7) is 9.10. The van der Waals surface area contributed by atoms with E-state index < -0.39 is 12.6 Å². The van der Waals surface area contributed by atoms with Crippen LogP contribution in [-0.2, 0) is 27.4 Å². The second kappa shape index (κ2) is 10.4. The van der Waals surface area contributed by atoms with E-state index in [9.17, 15) is 14.9 Å². The minimum Gasteiger partial charge on any atom is -0.451 e. The first-order valence-electron chi connectivity index (χ1n) is 9.96. The van der Waals surface area contributed by atoms with Crippen LogP contribution < -0.4 is 0 Å². The first-order chi connectivity index (χ1) is 14.2. The number of benzene rings is 1. The van der Waals surface area contributed by atoms with Gasteiger partial charge in [0.05, 0.1) is 0 Å². The summed E-state index contributed by atoms with van der Waals surface area (Å²) in [7, 11) is 1.65. The van der Waals surface area contributed by atoms with Crippen LogP contribution in [0.25, 0.3) is 6.08 Å². The largest absolute Gasteiger partial charge is 0.451 e. The van der Waals surface area contributed by atoms with Gasteiger partial charge in [-0.05, 0) is 43.0 Å². The molecule has 0 atom stereocenters. The lowest BCUT2D eigenvalue weighted by atomic mass is 10.1. The van der Waals surface area contributed by atoms with Crippen molar-refractivity contribution in [2.45, 2.75) is 40.8 Å². The normalized spacial score (nSPS) is 11.3. The summed E-state index contributed by atoms with van der Waals surface area (Å²) in [5.74, 6) is -0.654. The summed E-state index contributed by atoms with van der Waals surface area (Å²) in [5.41, 5.74) is 3.71. The highest BCUT2D eigenvalue weighted by Crippen LogP contribution is 2.20. The molecule has 1 heterocycles. The summed E-state index contributed by atoms with van der Waals surface area (Å²) in [6.07, 6.45) is 1.53. The van der Waals surface area contributed by atoms with Gasteiger partial charge in [0.1, 0.15) is 11.6 Å². The van der Waals surface area contributed by atoms with Crippen LogP contribution >= 0.6 is 0 Å². The van der Waals surface area contributed by atoms with Crippen LogP contribution in [0.1, 0.15) is 36.4 Å². The number of esters is 1. The van der Waals surface area contributed by atoms with Crippen molar-refractivity contribution in [1.29, 1.82) is 5.26 Å². The molecule has 6 nitrogen and oxygen atoms in total. The fraction of sp³-hybridized carbons (Fsp3) is 0.375. The summed E-state index contributed by atoms with van der Waals surface area (Å²) in [6, 6.07) is 13.4. The zero-order valence-electron chi connectivity index (χ0n) is 18.3. The molecule has 0 spiro atoms. The van der Waals surface area contributed by atoms with E-state index in [0.717, 1.165) is 29.1 Å². The number of nitrogens with zero attached hydrogens (tertiary/aromatic N) is 3. The van der Waals surface area contributed by atoms with E-state index in [0.29, 0.717) is 12.5 Å². The fourth-order valence-electron chi connectivity index (χ4n) is 3.17. The van der Waals surface area contributed by atoms with Gasteiger partial charge in [0.2, 0.25) is 0 Å². The number of rotatable bonds is 8. The predicted octanol–water partition coefficient (Wildman–Crippen LogP) is 3.87. The highest BCUT2D eigenvalue weighted by Gasteiger charge is 2.17. The Morgan fingerprint density at radius 2 is 1.90 bits per heavy atom. The Bertz CT molecular complexity index is 966. The Hall–Kier alpha value is -3.33. The standard InChI is InChI=1S/C24H29N3O3/c1-17(2)14-27-18(3)11-21(19(27)4)12-22(13-25)24(29)30-16-23(28)26(5)15-20-9-7-6-8-10-20/h6-12,17H,14-16H2,1-5H3/b22-12+. The van der Waals surface area contributed by atoms with Gasteiger partial charge in [-0.15, -0.1) is 0 Å². The van der Waals surface area contributed by atoms with Gasteiger partial charge >= 0.3 is 5.97 Å². The van der Waals surface area contributed by atoms with Crippen molar-refractivity contribution < 1.29 is 14.3 Å². The maximum absolute atomic E-state index is 12.4. The smallest absolute Gasteiger partial charge is 0.349 e. The van der Waals surface area contributed by atoms with Crippen LogP contribution in [0, 0.1) is 31.1 Å². The van der Waals surface area contributed by atoms with Gasteiger partial charge in [0, 0.05) is 31.5 Å². The number of ether oxygens (including phenoxy) is 1. The number of aromatic nitrogens is 1. The molecule has 2 aromatic rings. The number of amides is 1. The van der Waals surface area contributed by atoms with E-state index in [1.165, 1.54) is 11.0 Å². The van der Waals surface area contributed by atoms with E-state index in [1.807, 2.05) is 56.3 Å². The molecule has 0 unspecified atom stereocenters. The Morgan fingerprint density at radius 1 is 1.23 bits per heavy atom. The number of carbonyl (C=O) groups excluding carboxylic acids is 2. The zero-order valence-corrected chi connectivity index (χ0v) is 18.3. The minimum atomic E-state index is -0.798. The van der Waals surface area contributed by atoms with E-state index in [4.69, 9.17) is 4.74 Å². The highest BCUT2D eigenvalue weighted by atomic mass is 16.5. The maximum atomic E-state index is 12.4. The SMILES string of the molecule is Cc1cc(/C=C(\C#N)C(=O)OCC(=O)N(C)Cc2ccccc2)c(C)n1CC(C)C. The quantitative estimate of drug-likeness (QED) is 0.378. The zero-order chi connectivity index (χ0) is 22.3. The van der Waals surface area contributed by atoms with Gasteiger partial charge in [-0.3, -0.25) is 4.79 Å². The molecule has 6 heteroatoms. The number of aryl methyl sites for hydroxylation is 1. The first-order valence-corrected chi connectivity index (χ1v) is 9.96. The van der Waals surface area contributed by atoms with Crippen LogP contribution in [0.4, 0.5) is 0 Å². The van der Waals surface area contributed by atoms with Gasteiger partial charge in [0.15, 0.2) is 6.61 Å². The lowest BCUT2D eigenvalue weighted by Gasteiger charge is -2.17. The van der Waals surface area contributed by atoms with Crippen molar-refractivity contribution in [3.8, 4) is 6.07 Å². The fourth-order valence-corrected chi connectivity index (χ4v) is 3.17. The van der Waals surface area contributed by atoms with Crippen LogP contribution in [0.2, 0.25) is 0 Å². The third kappa shape index (κ3) is 6.08. The number of carbonyl (C=O) groups is 2. The van der Waals surface area contributed by atoms with E-state index in [1.54, 1.807) is 7.05 Å². The van der Waals surface area contributed by atoms with E-state index in [-0.39, 0.29) is 11.5 Å². The number of likely N-dealkylation sites (N-methyl/N-ethyl adjacent to an activating group) is 1. The summed E-state index contributed by atoms with van der Waals surface area (Å²) >= 11 is 0. The van der Waals surface area contributed by atoms with Crippen molar-refractivity contribution in [2.24, 2.45) is 5.92 Å². The molecule has 0 aliphatic rings. The van der Waals surface area contributed by atoms with Gasteiger partial charge in [-0.25, -0.2) is 4.79 Å². The molecule has 0 saturated heterocycles. The van der Waals surface area contributed by atoms with E-state index >= 15 is 0 Å². The third-order valence-corrected chi connectivity index (χ3v) is 4.82. The molecule has 1 aromatic heterocycles. The number of nitriles is 1. The van der Waals surface area contributed by atoms with E-state index in [2.05, 4.69) is 18.4 Å². The molecule has 0 aliphatic heterocycles. The lowest BCUT2D eigenvalue weighted by Crippen LogP contribution is -2.31. The summed E-state index contributed by atoms with van der Waals surface area (Å²) < 4.78 is 7.27. The molecular weight excluding hydrogens is 378 g/mol. The molecular formula is C24H29N3O3. The molecule has 0 bridgehead atoms. The summed E-state index contributed by atoms with van der Waals surface area (Å²) in [5, 5.41) is 9.42. The average molecular weight is 408 g/mol. The molecule has 1 amide bonds. The molecule has 30 heavy (non-hydrogen) atoms. The minimum absolute atomic E-state index is 0.127. The summed E-state index contributed by atoms with van der Waals surface area (Å²) in [4.78, 5) is 26.1. The molecule has 2 rings (SSSR count). The molecule has 0 N–H and O–H groups in total.